The van der Waals surface area contributed by atoms with E-state index >= 15 is 0 Å². The third-order valence-corrected chi connectivity index (χ3v) is 2.31. The predicted molar refractivity (Wildman–Crippen MR) is 58.7 cm³/mol. The molecule has 3 nitrogen and oxygen atoms in total. The maximum Gasteiger partial charge on any atom is 0.183 e. The Bertz CT molecular complexity index is 295. The maximum absolute atomic E-state index is 9.80. The Morgan fingerprint density at radius 3 is 2.47 bits per heavy atom. The van der Waals surface area contributed by atoms with Crippen LogP contribution in [0.2, 0.25) is 0 Å². The Morgan fingerprint density at radius 1 is 1.27 bits per heavy atom. The number of hydrogen-bond donors (Lipinski definition) is 1. The van der Waals surface area contributed by atoms with E-state index in [-0.39, 0.29) is 0 Å². The van der Waals surface area contributed by atoms with Crippen molar-refractivity contribution in [3.8, 4) is 0 Å². The van der Waals surface area contributed by atoms with Crippen LogP contribution in [0, 0.1) is 6.92 Å². The Kier molecular flexibility index (Phi) is 4.75. The van der Waals surface area contributed by atoms with Crippen LogP contribution in [0.5, 0.6) is 0 Å². The van der Waals surface area contributed by atoms with Crippen molar-refractivity contribution in [2.24, 2.45) is 0 Å². The molecule has 0 aliphatic carbocycles. The monoisotopic (exact) mass is 210 g/mol. The summed E-state index contributed by atoms with van der Waals surface area (Å²) in [6.07, 6.45) is -0.666. The topological polar surface area (TPSA) is 38.7 Å². The molecular weight excluding hydrogens is 192 g/mol. The summed E-state index contributed by atoms with van der Waals surface area (Å²) >= 11 is 0. The fourth-order valence-corrected chi connectivity index (χ4v) is 1.59. The van der Waals surface area contributed by atoms with Gasteiger partial charge in [0, 0.05) is 20.6 Å². The van der Waals surface area contributed by atoms with Gasteiger partial charge in [-0.05, 0) is 12.5 Å². The molecule has 0 saturated heterocycles. The van der Waals surface area contributed by atoms with Crippen LogP contribution in [-0.2, 0) is 15.9 Å². The number of aryl methyl sites for hydroxylation is 1. The summed E-state index contributed by atoms with van der Waals surface area (Å²) in [6, 6.07) is 8.04. The standard InChI is InChI=1S/C12H18O3/c1-9-5-4-6-10(7-9)8-11(13)12(14-2)15-3/h4-7,11-13H,8H2,1-3H3. The van der Waals surface area contributed by atoms with Gasteiger partial charge in [-0.1, -0.05) is 29.8 Å². The number of aliphatic hydroxyl groups is 1. The minimum Gasteiger partial charge on any atom is -0.387 e. The number of ether oxygens (including phenoxy) is 2. The minimum absolute atomic E-state index is 0.536. The molecule has 0 spiro atoms. The van der Waals surface area contributed by atoms with E-state index in [1.807, 2.05) is 31.2 Å². The first-order chi connectivity index (χ1) is 7.17. The highest BCUT2D eigenvalue weighted by Crippen LogP contribution is 2.10. The van der Waals surface area contributed by atoms with E-state index in [0.717, 1.165) is 5.56 Å². The van der Waals surface area contributed by atoms with Crippen molar-refractivity contribution >= 4 is 0 Å². The van der Waals surface area contributed by atoms with E-state index in [1.54, 1.807) is 0 Å². The molecule has 1 unspecified atom stereocenters. The molecule has 0 amide bonds. The molecule has 0 aliphatic heterocycles. The van der Waals surface area contributed by atoms with Crippen molar-refractivity contribution in [1.82, 2.24) is 0 Å². The highest BCUT2D eigenvalue weighted by atomic mass is 16.7. The molecule has 0 bridgehead atoms. The van der Waals surface area contributed by atoms with Gasteiger partial charge < -0.3 is 14.6 Å². The molecular formula is C12H18O3. The second kappa shape index (κ2) is 5.85. The summed E-state index contributed by atoms with van der Waals surface area (Å²) in [5.41, 5.74) is 2.27. The Morgan fingerprint density at radius 2 is 1.93 bits per heavy atom. The van der Waals surface area contributed by atoms with Crippen molar-refractivity contribution in [2.75, 3.05) is 14.2 Å². The van der Waals surface area contributed by atoms with E-state index in [0.29, 0.717) is 6.42 Å². The van der Waals surface area contributed by atoms with Gasteiger partial charge in [-0.15, -0.1) is 0 Å². The lowest BCUT2D eigenvalue weighted by molar-refractivity contribution is -0.163. The van der Waals surface area contributed by atoms with Gasteiger partial charge in [-0.25, -0.2) is 0 Å². The van der Waals surface area contributed by atoms with E-state index in [4.69, 9.17) is 9.47 Å². The SMILES string of the molecule is COC(OC)C(O)Cc1cccc(C)c1. The lowest BCUT2D eigenvalue weighted by Gasteiger charge is -2.19. The van der Waals surface area contributed by atoms with Crippen LogP contribution in [0.3, 0.4) is 0 Å². The fourth-order valence-electron chi connectivity index (χ4n) is 1.59. The number of methoxy groups -OCH3 is 2. The summed E-state index contributed by atoms with van der Waals surface area (Å²) in [7, 11) is 3.04. The molecule has 0 aliphatic rings. The van der Waals surface area contributed by atoms with Gasteiger partial charge in [0.15, 0.2) is 6.29 Å². The summed E-state index contributed by atoms with van der Waals surface area (Å²) < 4.78 is 9.98. The van der Waals surface area contributed by atoms with Gasteiger partial charge in [0.25, 0.3) is 0 Å². The summed E-state index contributed by atoms with van der Waals surface area (Å²) in [5.74, 6) is 0. The first-order valence-electron chi connectivity index (χ1n) is 4.96. The van der Waals surface area contributed by atoms with E-state index in [9.17, 15) is 5.11 Å². The molecule has 0 fully saturated rings. The number of hydrogen-bond acceptors (Lipinski definition) is 3. The first kappa shape index (κ1) is 12.2. The van der Waals surface area contributed by atoms with Crippen LogP contribution in [0.4, 0.5) is 0 Å². The number of benzene rings is 1. The number of aliphatic hydroxyl groups excluding tert-OH is 1. The Labute approximate surface area is 90.6 Å². The molecule has 0 radical (unpaired) electrons. The van der Waals surface area contributed by atoms with Gasteiger partial charge in [-0.3, -0.25) is 0 Å². The fraction of sp³-hybridized carbons (Fsp3) is 0.500. The van der Waals surface area contributed by atoms with E-state index in [1.165, 1.54) is 19.8 Å². The number of rotatable bonds is 5. The van der Waals surface area contributed by atoms with Crippen LogP contribution >= 0.6 is 0 Å². The second-order valence-electron chi connectivity index (χ2n) is 3.60. The van der Waals surface area contributed by atoms with Crippen LogP contribution in [0.15, 0.2) is 24.3 Å². The first-order valence-corrected chi connectivity index (χ1v) is 4.96. The molecule has 1 aromatic carbocycles. The van der Waals surface area contributed by atoms with E-state index in [2.05, 4.69) is 0 Å². The van der Waals surface area contributed by atoms with Gasteiger partial charge in [-0.2, -0.15) is 0 Å². The smallest absolute Gasteiger partial charge is 0.183 e. The van der Waals surface area contributed by atoms with Crippen molar-refractivity contribution in [3.63, 3.8) is 0 Å². The summed E-state index contributed by atoms with van der Waals surface area (Å²) in [4.78, 5) is 0. The average molecular weight is 210 g/mol. The highest BCUT2D eigenvalue weighted by molar-refractivity contribution is 5.22. The van der Waals surface area contributed by atoms with Crippen LogP contribution in [0.25, 0.3) is 0 Å². The van der Waals surface area contributed by atoms with Gasteiger partial charge in [0.1, 0.15) is 6.10 Å². The van der Waals surface area contributed by atoms with Crippen molar-refractivity contribution < 1.29 is 14.6 Å². The molecule has 15 heavy (non-hydrogen) atoms. The van der Waals surface area contributed by atoms with Crippen molar-refractivity contribution in [2.45, 2.75) is 25.7 Å². The quantitative estimate of drug-likeness (QED) is 0.749. The zero-order valence-electron chi connectivity index (χ0n) is 9.43. The average Bonchev–Trinajstić information content (AvgIpc) is 2.19. The molecule has 1 atom stereocenters. The normalized spacial score (nSPS) is 13.1. The Hall–Kier alpha value is -0.900. The maximum atomic E-state index is 9.80. The predicted octanol–water partition coefficient (Wildman–Crippen LogP) is 1.52. The third kappa shape index (κ3) is 3.63. The van der Waals surface area contributed by atoms with Crippen LogP contribution in [0.1, 0.15) is 11.1 Å². The lowest BCUT2D eigenvalue weighted by atomic mass is 10.1. The zero-order valence-corrected chi connectivity index (χ0v) is 9.43. The molecule has 0 heterocycles. The van der Waals surface area contributed by atoms with Gasteiger partial charge in [0.05, 0.1) is 0 Å². The molecule has 0 aromatic heterocycles. The molecule has 0 saturated carbocycles. The Balaban J connectivity index is 2.61. The summed E-state index contributed by atoms with van der Waals surface area (Å²) in [5, 5.41) is 9.80. The molecule has 1 aromatic rings. The summed E-state index contributed by atoms with van der Waals surface area (Å²) in [6.45, 7) is 2.03. The van der Waals surface area contributed by atoms with Gasteiger partial charge >= 0.3 is 0 Å². The van der Waals surface area contributed by atoms with Crippen molar-refractivity contribution in [3.05, 3.63) is 35.4 Å². The molecule has 3 heteroatoms. The van der Waals surface area contributed by atoms with Crippen LogP contribution < -0.4 is 0 Å². The molecule has 1 rings (SSSR count). The molecule has 1 N–H and O–H groups in total. The third-order valence-electron chi connectivity index (χ3n) is 2.31. The zero-order chi connectivity index (χ0) is 11.3. The van der Waals surface area contributed by atoms with Gasteiger partial charge in [0.2, 0.25) is 0 Å². The minimum atomic E-state index is -0.637. The highest BCUT2D eigenvalue weighted by Gasteiger charge is 2.17. The van der Waals surface area contributed by atoms with E-state index < -0.39 is 12.4 Å². The largest absolute Gasteiger partial charge is 0.387 e. The van der Waals surface area contributed by atoms with Crippen LogP contribution in [-0.4, -0.2) is 31.7 Å². The second-order valence-corrected chi connectivity index (χ2v) is 3.60. The molecule has 84 valence electrons. The lowest BCUT2D eigenvalue weighted by Crippen LogP contribution is -2.31. The van der Waals surface area contributed by atoms with Crippen molar-refractivity contribution in [1.29, 1.82) is 0 Å².